The standard InChI is InChI=1S/C21H19N5O2S/c1-2-14-8-10-16(11-9-14)23-20(28)22-13-17-12-18(27)26-21(24-17)29-19(25-26)15-6-4-3-5-7-15/h3-12H,2,13H2,1H3,(H2,22,23,28). The third-order valence-electron chi connectivity index (χ3n) is 4.37. The Morgan fingerprint density at radius 1 is 1.10 bits per heavy atom. The monoisotopic (exact) mass is 405 g/mol. The molecule has 29 heavy (non-hydrogen) atoms. The molecule has 8 heteroatoms. The fraction of sp³-hybridized carbons (Fsp3) is 0.143. The number of aromatic nitrogens is 3. The molecule has 0 saturated carbocycles. The van der Waals surface area contributed by atoms with Gasteiger partial charge in [-0.25, -0.2) is 9.78 Å². The van der Waals surface area contributed by atoms with Crippen molar-refractivity contribution in [3.63, 3.8) is 0 Å². The van der Waals surface area contributed by atoms with E-state index in [0.717, 1.165) is 12.0 Å². The van der Waals surface area contributed by atoms with Gasteiger partial charge in [0, 0.05) is 17.3 Å². The average molecular weight is 405 g/mol. The van der Waals surface area contributed by atoms with Gasteiger partial charge >= 0.3 is 6.03 Å². The van der Waals surface area contributed by atoms with Crippen molar-refractivity contribution in [3.05, 3.63) is 82.3 Å². The molecule has 2 N–H and O–H groups in total. The van der Waals surface area contributed by atoms with Gasteiger partial charge in [-0.05, 0) is 24.1 Å². The van der Waals surface area contributed by atoms with E-state index in [1.165, 1.54) is 27.5 Å². The molecule has 2 amide bonds. The summed E-state index contributed by atoms with van der Waals surface area (Å²) in [6.45, 7) is 2.22. The van der Waals surface area contributed by atoms with Gasteiger partial charge in [0.05, 0.1) is 12.2 Å². The van der Waals surface area contributed by atoms with Gasteiger partial charge in [0.1, 0.15) is 5.01 Å². The third kappa shape index (κ3) is 4.33. The largest absolute Gasteiger partial charge is 0.332 e. The van der Waals surface area contributed by atoms with Gasteiger partial charge in [0.2, 0.25) is 4.96 Å². The predicted octanol–water partition coefficient (Wildman–Crippen LogP) is 3.70. The molecule has 0 fully saturated rings. The minimum atomic E-state index is -0.356. The summed E-state index contributed by atoms with van der Waals surface area (Å²) in [5.74, 6) is 0. The number of amides is 2. The number of carbonyl (C=O) groups excluding carboxylic acids is 1. The van der Waals surface area contributed by atoms with Crippen molar-refractivity contribution < 1.29 is 4.79 Å². The van der Waals surface area contributed by atoms with Gasteiger partial charge in [-0.1, -0.05) is 60.7 Å². The molecule has 0 aliphatic carbocycles. The molecule has 0 aliphatic heterocycles. The van der Waals surface area contributed by atoms with Crippen LogP contribution in [0.25, 0.3) is 15.5 Å². The van der Waals surface area contributed by atoms with E-state index in [1.54, 1.807) is 0 Å². The van der Waals surface area contributed by atoms with Crippen LogP contribution in [0.5, 0.6) is 0 Å². The molecule has 7 nitrogen and oxygen atoms in total. The van der Waals surface area contributed by atoms with Crippen LogP contribution in [0.15, 0.2) is 65.5 Å². The summed E-state index contributed by atoms with van der Waals surface area (Å²) in [7, 11) is 0. The maximum absolute atomic E-state index is 12.4. The minimum absolute atomic E-state index is 0.142. The molecular formula is C21H19N5O2S. The number of hydrogen-bond donors (Lipinski definition) is 2. The maximum atomic E-state index is 12.4. The summed E-state index contributed by atoms with van der Waals surface area (Å²) in [5, 5.41) is 10.6. The van der Waals surface area contributed by atoms with Crippen LogP contribution in [0.2, 0.25) is 0 Å². The van der Waals surface area contributed by atoms with Crippen molar-refractivity contribution in [3.8, 4) is 10.6 Å². The molecule has 4 aromatic rings. The number of benzene rings is 2. The number of aryl methyl sites for hydroxylation is 1. The Kier molecular flexibility index (Phi) is 5.35. The zero-order valence-electron chi connectivity index (χ0n) is 15.8. The lowest BCUT2D eigenvalue weighted by molar-refractivity contribution is 0.251. The predicted molar refractivity (Wildman–Crippen MR) is 114 cm³/mol. The van der Waals surface area contributed by atoms with Crippen LogP contribution in [0.1, 0.15) is 18.2 Å². The number of nitrogens with zero attached hydrogens (tertiary/aromatic N) is 3. The molecule has 0 unspecified atom stereocenters. The highest BCUT2D eigenvalue weighted by atomic mass is 32.1. The van der Waals surface area contributed by atoms with Crippen molar-refractivity contribution in [2.75, 3.05) is 5.32 Å². The summed E-state index contributed by atoms with van der Waals surface area (Å²) in [6.07, 6.45) is 0.944. The number of anilines is 1. The lowest BCUT2D eigenvalue weighted by Crippen LogP contribution is -2.29. The molecule has 2 aromatic heterocycles. The Hall–Kier alpha value is -3.52. The summed E-state index contributed by atoms with van der Waals surface area (Å²) < 4.78 is 1.28. The van der Waals surface area contributed by atoms with E-state index < -0.39 is 0 Å². The summed E-state index contributed by atoms with van der Waals surface area (Å²) in [5.41, 5.74) is 3.04. The van der Waals surface area contributed by atoms with E-state index in [2.05, 4.69) is 27.6 Å². The second-order valence-corrected chi connectivity index (χ2v) is 7.37. The molecule has 0 spiro atoms. The van der Waals surface area contributed by atoms with Gasteiger partial charge in [-0.2, -0.15) is 9.61 Å². The second kappa shape index (κ2) is 8.24. The molecule has 0 saturated heterocycles. The minimum Gasteiger partial charge on any atom is -0.332 e. The van der Waals surface area contributed by atoms with Crippen LogP contribution in [0, 0.1) is 0 Å². The first kappa shape index (κ1) is 18.8. The van der Waals surface area contributed by atoms with Crippen LogP contribution in [-0.4, -0.2) is 20.6 Å². The van der Waals surface area contributed by atoms with Crippen molar-refractivity contribution >= 4 is 28.0 Å². The molecule has 0 atom stereocenters. The number of urea groups is 1. The number of carbonyl (C=O) groups is 1. The van der Waals surface area contributed by atoms with Crippen LogP contribution < -0.4 is 16.2 Å². The van der Waals surface area contributed by atoms with Crippen molar-refractivity contribution in [2.24, 2.45) is 0 Å². The molecule has 4 rings (SSSR count). The number of nitrogens with one attached hydrogen (secondary N) is 2. The normalized spacial score (nSPS) is 10.8. The van der Waals surface area contributed by atoms with Gasteiger partial charge in [-0.15, -0.1) is 0 Å². The molecule has 0 radical (unpaired) electrons. The lowest BCUT2D eigenvalue weighted by atomic mass is 10.1. The van der Waals surface area contributed by atoms with Gasteiger partial charge in [0.15, 0.2) is 0 Å². The van der Waals surface area contributed by atoms with E-state index >= 15 is 0 Å². The van der Waals surface area contributed by atoms with E-state index in [4.69, 9.17) is 0 Å². The molecule has 0 bridgehead atoms. The van der Waals surface area contributed by atoms with Crippen molar-refractivity contribution in [1.82, 2.24) is 19.9 Å². The highest BCUT2D eigenvalue weighted by Gasteiger charge is 2.11. The smallest absolute Gasteiger partial charge is 0.319 e. The van der Waals surface area contributed by atoms with E-state index in [0.29, 0.717) is 21.3 Å². The Labute approximate surface area is 171 Å². The highest BCUT2D eigenvalue weighted by Crippen LogP contribution is 2.23. The van der Waals surface area contributed by atoms with Crippen LogP contribution >= 0.6 is 11.3 Å². The van der Waals surface area contributed by atoms with Crippen molar-refractivity contribution in [1.29, 1.82) is 0 Å². The maximum Gasteiger partial charge on any atom is 0.319 e. The fourth-order valence-corrected chi connectivity index (χ4v) is 3.74. The summed E-state index contributed by atoms with van der Waals surface area (Å²) in [4.78, 5) is 29.5. The first-order chi connectivity index (χ1) is 14.1. The highest BCUT2D eigenvalue weighted by molar-refractivity contribution is 7.19. The van der Waals surface area contributed by atoms with Crippen LogP contribution in [-0.2, 0) is 13.0 Å². The van der Waals surface area contributed by atoms with Gasteiger partial charge in [0.25, 0.3) is 5.56 Å². The second-order valence-electron chi connectivity index (χ2n) is 6.41. The van der Waals surface area contributed by atoms with E-state index in [1.807, 2.05) is 54.6 Å². The van der Waals surface area contributed by atoms with E-state index in [9.17, 15) is 9.59 Å². The first-order valence-electron chi connectivity index (χ1n) is 9.21. The Morgan fingerprint density at radius 3 is 2.59 bits per heavy atom. The Morgan fingerprint density at radius 2 is 1.86 bits per heavy atom. The number of hydrogen-bond acceptors (Lipinski definition) is 5. The molecular weight excluding hydrogens is 386 g/mol. The Bertz CT molecular complexity index is 1200. The topological polar surface area (TPSA) is 88.4 Å². The zero-order chi connectivity index (χ0) is 20.2. The average Bonchev–Trinajstić information content (AvgIpc) is 3.18. The summed E-state index contributed by atoms with van der Waals surface area (Å²) in [6, 6.07) is 18.3. The number of fused-ring (bicyclic) bond motifs is 1. The van der Waals surface area contributed by atoms with Crippen LogP contribution in [0.3, 0.4) is 0 Å². The van der Waals surface area contributed by atoms with Crippen LogP contribution in [0.4, 0.5) is 10.5 Å². The molecule has 2 heterocycles. The van der Waals surface area contributed by atoms with Gasteiger partial charge < -0.3 is 10.6 Å². The third-order valence-corrected chi connectivity index (χ3v) is 5.33. The summed E-state index contributed by atoms with van der Waals surface area (Å²) >= 11 is 1.33. The van der Waals surface area contributed by atoms with Crippen molar-refractivity contribution in [2.45, 2.75) is 19.9 Å². The zero-order valence-corrected chi connectivity index (χ0v) is 16.6. The number of rotatable bonds is 5. The van der Waals surface area contributed by atoms with Gasteiger partial charge in [-0.3, -0.25) is 4.79 Å². The van der Waals surface area contributed by atoms with E-state index in [-0.39, 0.29) is 18.1 Å². The SMILES string of the molecule is CCc1ccc(NC(=O)NCc2cc(=O)n3nc(-c4ccccc4)sc3n2)cc1. The lowest BCUT2D eigenvalue weighted by Gasteiger charge is -2.08. The molecule has 2 aromatic carbocycles. The fourth-order valence-electron chi connectivity index (χ4n) is 2.81. The molecule has 0 aliphatic rings. The first-order valence-corrected chi connectivity index (χ1v) is 10.0. The molecule has 146 valence electrons. The quantitative estimate of drug-likeness (QED) is 0.530. The Balaban J connectivity index is 1.46.